The molecule has 288 valence electrons. The lowest BCUT2D eigenvalue weighted by Gasteiger charge is -2.25. The number of anilines is 1. The minimum Gasteiger partial charge on any atom is -0.372 e. The van der Waals surface area contributed by atoms with E-state index in [2.05, 4.69) is 61.2 Å². The van der Waals surface area contributed by atoms with Crippen LogP contribution >= 0.6 is 0 Å². The maximum atomic E-state index is 9.16. The second kappa shape index (κ2) is 33.6. The number of nitriles is 1. The van der Waals surface area contributed by atoms with Gasteiger partial charge in [-0.05, 0) is 48.2 Å². The largest absolute Gasteiger partial charge is 0.372 e. The van der Waals surface area contributed by atoms with Gasteiger partial charge in [-0.3, -0.25) is 0 Å². The molecule has 0 aliphatic rings. The summed E-state index contributed by atoms with van der Waals surface area (Å²) in [5.74, 6) is 0. The number of rotatable bonds is 36. The summed E-state index contributed by atoms with van der Waals surface area (Å²) in [6, 6.07) is 19.4. The molecular weight excluding hydrogens is 617 g/mol. The van der Waals surface area contributed by atoms with Gasteiger partial charge in [0.25, 0.3) is 0 Å². The maximum absolute atomic E-state index is 9.16. The molecule has 0 aliphatic carbocycles. The van der Waals surface area contributed by atoms with Gasteiger partial charge in [0.15, 0.2) is 0 Å². The van der Waals surface area contributed by atoms with Crippen LogP contribution in [0.4, 0.5) is 5.69 Å². The van der Waals surface area contributed by atoms with Gasteiger partial charge < -0.3 is 4.90 Å². The summed E-state index contributed by atoms with van der Waals surface area (Å²) in [7, 11) is 0. The quantitative estimate of drug-likeness (QED) is 0.0662. The molecule has 2 aromatic rings. The second-order valence-corrected chi connectivity index (χ2v) is 15.8. The van der Waals surface area contributed by atoms with E-state index in [1.165, 1.54) is 235 Å². The molecule has 0 saturated carbocycles. The topological polar surface area (TPSA) is 27.0 Å². The normalized spacial score (nSPS) is 11.2. The summed E-state index contributed by atoms with van der Waals surface area (Å²) in [5.41, 5.74) is 4.50. The third-order valence-electron chi connectivity index (χ3n) is 11.1. The molecule has 0 aromatic heterocycles. The lowest BCUT2D eigenvalue weighted by atomic mass is 10.0. The Bertz CT molecular complexity index is 1010. The van der Waals surface area contributed by atoms with Gasteiger partial charge in [-0.1, -0.05) is 231 Å². The van der Waals surface area contributed by atoms with Gasteiger partial charge in [0.1, 0.15) is 0 Å². The number of nitrogens with zero attached hydrogens (tertiary/aromatic N) is 2. The summed E-state index contributed by atoms with van der Waals surface area (Å²) in [6.45, 7) is 6.96. The van der Waals surface area contributed by atoms with Crippen molar-refractivity contribution >= 4 is 5.69 Å². The zero-order valence-corrected chi connectivity index (χ0v) is 34.1. The standard InChI is InChI=1S/C49H82N2/c1-3-5-7-9-11-13-15-17-19-21-23-25-27-29-31-33-43-51(49-41-39-48(40-42-49)47-37-35-46(45-50)36-38-47)44-34-32-30-28-26-24-22-20-18-16-14-12-10-8-6-4-2/h35-42H,3-34,43-44H2,1-2H3. The van der Waals surface area contributed by atoms with Gasteiger partial charge in [-0.25, -0.2) is 0 Å². The monoisotopic (exact) mass is 699 g/mol. The summed E-state index contributed by atoms with van der Waals surface area (Å²) in [5, 5.41) is 9.16. The molecule has 51 heavy (non-hydrogen) atoms. The average Bonchev–Trinajstić information content (AvgIpc) is 3.16. The van der Waals surface area contributed by atoms with Gasteiger partial charge >= 0.3 is 0 Å². The molecule has 0 N–H and O–H groups in total. The number of benzene rings is 2. The minimum absolute atomic E-state index is 0.721. The van der Waals surface area contributed by atoms with E-state index in [0.29, 0.717) is 0 Å². The fourth-order valence-corrected chi connectivity index (χ4v) is 7.67. The summed E-state index contributed by atoms with van der Waals surface area (Å²) in [6.07, 6.45) is 45.5. The van der Waals surface area contributed by atoms with Crippen molar-refractivity contribution in [2.45, 2.75) is 219 Å². The highest BCUT2D eigenvalue weighted by Crippen LogP contribution is 2.25. The van der Waals surface area contributed by atoms with Gasteiger partial charge in [0, 0.05) is 18.8 Å². The first kappa shape index (κ1) is 44.9. The molecule has 0 unspecified atom stereocenters. The van der Waals surface area contributed by atoms with Crippen LogP contribution in [0.3, 0.4) is 0 Å². The molecule has 0 saturated heterocycles. The van der Waals surface area contributed by atoms with Crippen LogP contribution in [0.25, 0.3) is 11.1 Å². The van der Waals surface area contributed by atoms with E-state index in [4.69, 9.17) is 5.26 Å². The SMILES string of the molecule is CCCCCCCCCCCCCCCCCCN(CCCCCCCCCCCCCCCCCC)c1ccc(-c2ccc(C#N)cc2)cc1. The molecule has 0 bridgehead atoms. The molecule has 0 atom stereocenters. The fraction of sp³-hybridized carbons (Fsp3) is 0.735. The molecule has 0 fully saturated rings. The van der Waals surface area contributed by atoms with Crippen LogP contribution in [0.15, 0.2) is 48.5 Å². The third kappa shape index (κ3) is 24.6. The first-order valence-electron chi connectivity index (χ1n) is 22.6. The smallest absolute Gasteiger partial charge is 0.0991 e. The zero-order valence-electron chi connectivity index (χ0n) is 34.1. The molecule has 0 spiro atoms. The molecule has 0 heterocycles. The minimum atomic E-state index is 0.721. The Morgan fingerprint density at radius 2 is 0.608 bits per heavy atom. The molecular formula is C49H82N2. The first-order chi connectivity index (χ1) is 25.3. The van der Waals surface area contributed by atoms with E-state index >= 15 is 0 Å². The van der Waals surface area contributed by atoms with Crippen molar-refractivity contribution in [2.75, 3.05) is 18.0 Å². The first-order valence-corrected chi connectivity index (χ1v) is 22.6. The zero-order chi connectivity index (χ0) is 36.3. The van der Waals surface area contributed by atoms with E-state index in [0.717, 1.165) is 5.56 Å². The predicted octanol–water partition coefficient (Wildman–Crippen LogP) is 16.6. The van der Waals surface area contributed by atoms with Gasteiger partial charge in [0.05, 0.1) is 11.6 Å². The van der Waals surface area contributed by atoms with E-state index in [-0.39, 0.29) is 0 Å². The fourth-order valence-electron chi connectivity index (χ4n) is 7.67. The van der Waals surface area contributed by atoms with Crippen LogP contribution in [-0.4, -0.2) is 13.1 Å². The van der Waals surface area contributed by atoms with Crippen LogP contribution in [0.1, 0.15) is 225 Å². The number of hydrogen-bond donors (Lipinski definition) is 0. The maximum Gasteiger partial charge on any atom is 0.0991 e. The van der Waals surface area contributed by atoms with Gasteiger partial charge in [0.2, 0.25) is 0 Å². The Morgan fingerprint density at radius 3 is 0.882 bits per heavy atom. The van der Waals surface area contributed by atoms with E-state index in [1.54, 1.807) is 0 Å². The van der Waals surface area contributed by atoms with Crippen LogP contribution in [0, 0.1) is 11.3 Å². The molecule has 0 aliphatic heterocycles. The van der Waals surface area contributed by atoms with Crippen molar-refractivity contribution in [3.8, 4) is 17.2 Å². The van der Waals surface area contributed by atoms with Gasteiger partial charge in [-0.15, -0.1) is 0 Å². The highest BCUT2D eigenvalue weighted by atomic mass is 15.1. The molecule has 2 rings (SSSR count). The van der Waals surface area contributed by atoms with E-state index in [9.17, 15) is 0 Å². The summed E-state index contributed by atoms with van der Waals surface area (Å²) >= 11 is 0. The van der Waals surface area contributed by atoms with Gasteiger partial charge in [-0.2, -0.15) is 5.26 Å². The van der Waals surface area contributed by atoms with Crippen molar-refractivity contribution in [2.24, 2.45) is 0 Å². The van der Waals surface area contributed by atoms with E-state index < -0.39 is 0 Å². The lowest BCUT2D eigenvalue weighted by molar-refractivity contribution is 0.524. The summed E-state index contributed by atoms with van der Waals surface area (Å²) < 4.78 is 0. The molecule has 0 radical (unpaired) electrons. The van der Waals surface area contributed by atoms with Crippen molar-refractivity contribution in [3.05, 3.63) is 54.1 Å². The van der Waals surface area contributed by atoms with Crippen LogP contribution in [0.5, 0.6) is 0 Å². The van der Waals surface area contributed by atoms with E-state index in [1.807, 2.05) is 12.1 Å². The van der Waals surface area contributed by atoms with Crippen LogP contribution in [0.2, 0.25) is 0 Å². The van der Waals surface area contributed by atoms with Crippen molar-refractivity contribution in [1.29, 1.82) is 5.26 Å². The third-order valence-corrected chi connectivity index (χ3v) is 11.1. The average molecular weight is 699 g/mol. The highest BCUT2D eigenvalue weighted by Gasteiger charge is 2.08. The molecule has 2 nitrogen and oxygen atoms in total. The Balaban J connectivity index is 1.61. The summed E-state index contributed by atoms with van der Waals surface area (Å²) in [4.78, 5) is 2.66. The Morgan fingerprint density at radius 1 is 0.353 bits per heavy atom. The van der Waals surface area contributed by atoms with Crippen LogP contribution < -0.4 is 4.90 Å². The molecule has 0 amide bonds. The van der Waals surface area contributed by atoms with Crippen LogP contribution in [-0.2, 0) is 0 Å². The van der Waals surface area contributed by atoms with Crippen molar-refractivity contribution < 1.29 is 0 Å². The second-order valence-electron chi connectivity index (χ2n) is 15.8. The van der Waals surface area contributed by atoms with Crippen molar-refractivity contribution in [3.63, 3.8) is 0 Å². The Kier molecular flexibility index (Phi) is 29.5. The van der Waals surface area contributed by atoms with Crippen molar-refractivity contribution in [1.82, 2.24) is 0 Å². The molecule has 2 aromatic carbocycles. The number of unbranched alkanes of at least 4 members (excludes halogenated alkanes) is 30. The Labute approximate surface area is 318 Å². The highest BCUT2D eigenvalue weighted by molar-refractivity contribution is 5.67. The predicted molar refractivity (Wildman–Crippen MR) is 228 cm³/mol. The number of hydrogen-bond acceptors (Lipinski definition) is 2. The Hall–Kier alpha value is -2.27. The lowest BCUT2D eigenvalue weighted by Crippen LogP contribution is -2.25. The molecule has 2 heteroatoms.